The predicted molar refractivity (Wildman–Crippen MR) is 80.1 cm³/mol. The minimum Gasteiger partial charge on any atom is -0.496 e. The summed E-state index contributed by atoms with van der Waals surface area (Å²) in [5, 5.41) is 6.87. The van der Waals surface area contributed by atoms with Crippen molar-refractivity contribution in [2.75, 3.05) is 33.3 Å². The third kappa shape index (κ3) is 3.28. The summed E-state index contributed by atoms with van der Waals surface area (Å²) in [6, 6.07) is 2.16. The van der Waals surface area contributed by atoms with E-state index in [9.17, 15) is 0 Å². The molecule has 1 fully saturated rings. The third-order valence-electron chi connectivity index (χ3n) is 4.28. The van der Waals surface area contributed by atoms with Gasteiger partial charge in [0.1, 0.15) is 5.75 Å². The average molecular weight is 262 g/mol. The maximum atomic E-state index is 5.42. The fraction of sp³-hybridized carbons (Fsp3) is 0.625. The molecule has 19 heavy (non-hydrogen) atoms. The standard InChI is InChI=1S/C16H26N2O/c1-11-7-16(19-4)13(3)12(2)15(11)5-6-17-8-14-9-18-10-14/h7,14,17-18H,5-6,8-10H2,1-4H3. The highest BCUT2D eigenvalue weighted by atomic mass is 16.5. The van der Waals surface area contributed by atoms with Crippen molar-refractivity contribution in [3.05, 3.63) is 28.3 Å². The van der Waals surface area contributed by atoms with E-state index < -0.39 is 0 Å². The van der Waals surface area contributed by atoms with E-state index in [-0.39, 0.29) is 0 Å². The summed E-state index contributed by atoms with van der Waals surface area (Å²) < 4.78 is 5.42. The normalized spacial score (nSPS) is 15.4. The van der Waals surface area contributed by atoms with Crippen LogP contribution in [-0.4, -0.2) is 33.3 Å². The molecule has 1 saturated heterocycles. The van der Waals surface area contributed by atoms with Gasteiger partial charge in [-0.15, -0.1) is 0 Å². The van der Waals surface area contributed by atoms with E-state index in [4.69, 9.17) is 4.74 Å². The Balaban J connectivity index is 1.93. The van der Waals surface area contributed by atoms with E-state index in [1.807, 2.05) is 0 Å². The largest absolute Gasteiger partial charge is 0.496 e. The summed E-state index contributed by atoms with van der Waals surface area (Å²) in [7, 11) is 1.75. The first-order chi connectivity index (χ1) is 9.13. The smallest absolute Gasteiger partial charge is 0.122 e. The van der Waals surface area contributed by atoms with Crippen LogP contribution in [0.2, 0.25) is 0 Å². The molecule has 0 atom stereocenters. The lowest BCUT2D eigenvalue weighted by molar-refractivity contribution is 0.332. The lowest BCUT2D eigenvalue weighted by Gasteiger charge is -2.27. The number of hydrogen-bond donors (Lipinski definition) is 2. The van der Waals surface area contributed by atoms with Crippen molar-refractivity contribution in [1.29, 1.82) is 0 Å². The maximum Gasteiger partial charge on any atom is 0.122 e. The summed E-state index contributed by atoms with van der Waals surface area (Å²) in [6.07, 6.45) is 1.10. The molecule has 1 aliphatic heterocycles. The van der Waals surface area contributed by atoms with Crippen LogP contribution in [0.25, 0.3) is 0 Å². The van der Waals surface area contributed by atoms with Gasteiger partial charge in [0.25, 0.3) is 0 Å². The fourth-order valence-electron chi connectivity index (χ4n) is 2.71. The fourth-order valence-corrected chi connectivity index (χ4v) is 2.71. The molecule has 3 nitrogen and oxygen atoms in total. The molecular formula is C16H26N2O. The molecule has 0 radical (unpaired) electrons. The van der Waals surface area contributed by atoms with E-state index in [1.165, 1.54) is 35.3 Å². The van der Waals surface area contributed by atoms with Gasteiger partial charge < -0.3 is 15.4 Å². The van der Waals surface area contributed by atoms with Gasteiger partial charge in [0, 0.05) is 19.6 Å². The molecule has 2 N–H and O–H groups in total. The minimum atomic E-state index is 0.833. The molecule has 0 amide bonds. The minimum absolute atomic E-state index is 0.833. The van der Waals surface area contributed by atoms with Crippen molar-refractivity contribution in [2.24, 2.45) is 5.92 Å². The maximum absolute atomic E-state index is 5.42. The molecule has 0 aliphatic carbocycles. The molecule has 2 rings (SSSR count). The highest BCUT2D eigenvalue weighted by molar-refractivity contribution is 5.48. The van der Waals surface area contributed by atoms with Crippen LogP contribution in [0.4, 0.5) is 0 Å². The van der Waals surface area contributed by atoms with Gasteiger partial charge in [0.2, 0.25) is 0 Å². The van der Waals surface area contributed by atoms with Crippen LogP contribution in [0.1, 0.15) is 22.3 Å². The predicted octanol–water partition coefficient (Wildman–Crippen LogP) is 1.97. The summed E-state index contributed by atoms with van der Waals surface area (Å²) in [4.78, 5) is 0. The Kier molecular flexibility index (Phi) is 4.83. The summed E-state index contributed by atoms with van der Waals surface area (Å²) in [6.45, 7) is 11.1. The second-order valence-electron chi connectivity index (χ2n) is 5.60. The zero-order valence-corrected chi connectivity index (χ0v) is 12.6. The van der Waals surface area contributed by atoms with E-state index >= 15 is 0 Å². The molecule has 0 bridgehead atoms. The molecule has 0 unspecified atom stereocenters. The quantitative estimate of drug-likeness (QED) is 0.769. The Bertz CT molecular complexity index is 439. The number of ether oxygens (including phenoxy) is 1. The molecule has 1 heterocycles. The van der Waals surface area contributed by atoms with Crippen molar-refractivity contribution in [1.82, 2.24) is 10.6 Å². The van der Waals surface area contributed by atoms with Crippen LogP contribution in [0.15, 0.2) is 6.07 Å². The summed E-state index contributed by atoms with van der Waals surface area (Å²) in [5.74, 6) is 1.84. The first kappa shape index (κ1) is 14.4. The Morgan fingerprint density at radius 3 is 2.58 bits per heavy atom. The van der Waals surface area contributed by atoms with Gasteiger partial charge in [-0.1, -0.05) is 0 Å². The van der Waals surface area contributed by atoms with Gasteiger partial charge in [-0.2, -0.15) is 0 Å². The topological polar surface area (TPSA) is 33.3 Å². The zero-order chi connectivity index (χ0) is 13.8. The Hall–Kier alpha value is -1.06. The number of hydrogen-bond acceptors (Lipinski definition) is 3. The lowest BCUT2D eigenvalue weighted by atomic mass is 9.95. The molecule has 0 aromatic heterocycles. The molecular weight excluding hydrogens is 236 g/mol. The van der Waals surface area contributed by atoms with E-state index in [0.29, 0.717) is 0 Å². The highest BCUT2D eigenvalue weighted by Gasteiger charge is 2.15. The van der Waals surface area contributed by atoms with Crippen LogP contribution >= 0.6 is 0 Å². The Labute approximate surface area is 116 Å². The van der Waals surface area contributed by atoms with Crippen LogP contribution in [-0.2, 0) is 6.42 Å². The third-order valence-corrected chi connectivity index (χ3v) is 4.28. The lowest BCUT2D eigenvalue weighted by Crippen LogP contribution is -2.47. The van der Waals surface area contributed by atoms with E-state index in [0.717, 1.165) is 31.2 Å². The average Bonchev–Trinajstić information content (AvgIpc) is 2.34. The summed E-state index contributed by atoms with van der Waals surface area (Å²) >= 11 is 0. The molecule has 3 heteroatoms. The van der Waals surface area contributed by atoms with Gasteiger partial charge in [-0.3, -0.25) is 0 Å². The van der Waals surface area contributed by atoms with Gasteiger partial charge >= 0.3 is 0 Å². The number of methoxy groups -OCH3 is 1. The molecule has 1 aromatic carbocycles. The van der Waals surface area contributed by atoms with Gasteiger partial charge in [0.05, 0.1) is 7.11 Å². The molecule has 1 aromatic rings. The van der Waals surface area contributed by atoms with Gasteiger partial charge in [0.15, 0.2) is 0 Å². The summed E-state index contributed by atoms with van der Waals surface area (Å²) in [5.41, 5.74) is 5.46. The number of aryl methyl sites for hydroxylation is 1. The molecule has 0 spiro atoms. The van der Waals surface area contributed by atoms with E-state index in [1.54, 1.807) is 7.11 Å². The van der Waals surface area contributed by atoms with Crippen molar-refractivity contribution >= 4 is 0 Å². The number of rotatable bonds is 6. The van der Waals surface area contributed by atoms with Crippen LogP contribution < -0.4 is 15.4 Å². The molecule has 0 saturated carbocycles. The number of nitrogens with one attached hydrogen (secondary N) is 2. The Morgan fingerprint density at radius 2 is 2.00 bits per heavy atom. The van der Waals surface area contributed by atoms with Gasteiger partial charge in [-0.05, 0) is 68.0 Å². The first-order valence-corrected chi connectivity index (χ1v) is 7.18. The van der Waals surface area contributed by atoms with Crippen molar-refractivity contribution in [2.45, 2.75) is 27.2 Å². The SMILES string of the molecule is COc1cc(C)c(CCNCC2CNC2)c(C)c1C. The van der Waals surface area contributed by atoms with Crippen LogP contribution in [0.3, 0.4) is 0 Å². The van der Waals surface area contributed by atoms with Crippen molar-refractivity contribution in [3.8, 4) is 5.75 Å². The van der Waals surface area contributed by atoms with Crippen LogP contribution in [0.5, 0.6) is 5.75 Å². The second kappa shape index (κ2) is 6.40. The van der Waals surface area contributed by atoms with E-state index in [2.05, 4.69) is 37.5 Å². The van der Waals surface area contributed by atoms with Crippen LogP contribution in [0, 0.1) is 26.7 Å². The molecule has 106 valence electrons. The zero-order valence-electron chi connectivity index (χ0n) is 12.6. The molecule has 1 aliphatic rings. The second-order valence-corrected chi connectivity index (χ2v) is 5.60. The van der Waals surface area contributed by atoms with Crippen molar-refractivity contribution < 1.29 is 4.74 Å². The van der Waals surface area contributed by atoms with Crippen molar-refractivity contribution in [3.63, 3.8) is 0 Å². The first-order valence-electron chi connectivity index (χ1n) is 7.18. The highest BCUT2D eigenvalue weighted by Crippen LogP contribution is 2.27. The monoisotopic (exact) mass is 262 g/mol. The number of benzene rings is 1. The Morgan fingerprint density at radius 1 is 1.26 bits per heavy atom. The van der Waals surface area contributed by atoms with Gasteiger partial charge in [-0.25, -0.2) is 0 Å².